The van der Waals surface area contributed by atoms with E-state index in [1.165, 1.54) is 10.7 Å². The number of rotatable bonds is 1. The Hall–Kier alpha value is -1.08. The van der Waals surface area contributed by atoms with Crippen LogP contribution in [0.25, 0.3) is 10.9 Å². The highest BCUT2D eigenvalue weighted by Crippen LogP contribution is 2.37. The summed E-state index contributed by atoms with van der Waals surface area (Å²) in [5.41, 5.74) is -0.407. The van der Waals surface area contributed by atoms with Gasteiger partial charge in [0.05, 0.1) is 5.52 Å². The molecule has 1 aliphatic rings. The number of fused-ring (bicyclic) bond motifs is 1. The molecule has 0 N–H and O–H groups in total. The van der Waals surface area contributed by atoms with Crippen LogP contribution in [-0.4, -0.2) is 16.4 Å². The Morgan fingerprint density at radius 3 is 2.75 bits per heavy atom. The molecule has 0 unspecified atom stereocenters. The van der Waals surface area contributed by atoms with Crippen molar-refractivity contribution in [1.29, 1.82) is 0 Å². The first-order valence-electron chi connectivity index (χ1n) is 6.33. The number of hydrogen-bond donors (Lipinski definition) is 0. The van der Waals surface area contributed by atoms with E-state index >= 15 is 0 Å². The Balaban J connectivity index is 2.17. The summed E-state index contributed by atoms with van der Waals surface area (Å²) in [4.78, 5) is 0. The number of aromatic nitrogens is 2. The van der Waals surface area contributed by atoms with Gasteiger partial charge in [-0.05, 0) is 37.5 Å². The number of benzene rings is 1. The predicted molar refractivity (Wildman–Crippen MR) is 71.3 cm³/mol. The molecule has 3 rings (SSSR count). The minimum atomic E-state index is -4.47. The Kier molecular flexibility index (Phi) is 3.50. The van der Waals surface area contributed by atoms with Crippen LogP contribution in [0.1, 0.15) is 31.2 Å². The summed E-state index contributed by atoms with van der Waals surface area (Å²) in [7, 11) is 0. The van der Waals surface area contributed by atoms with Crippen molar-refractivity contribution in [3.05, 3.63) is 28.4 Å². The molecule has 1 saturated heterocycles. The van der Waals surface area contributed by atoms with Crippen molar-refractivity contribution in [2.75, 3.05) is 6.61 Å². The minimum absolute atomic E-state index is 0.0982. The van der Waals surface area contributed by atoms with Gasteiger partial charge >= 0.3 is 6.18 Å². The molecule has 3 nitrogen and oxygen atoms in total. The quantitative estimate of drug-likeness (QED) is 0.757. The van der Waals surface area contributed by atoms with Crippen molar-refractivity contribution in [2.24, 2.45) is 0 Å². The average Bonchev–Trinajstić information content (AvgIpc) is 2.78. The largest absolute Gasteiger partial charge is 0.435 e. The first kappa shape index (κ1) is 13.9. The van der Waals surface area contributed by atoms with Crippen molar-refractivity contribution in [2.45, 2.75) is 31.7 Å². The first-order chi connectivity index (χ1) is 9.47. The number of nitrogens with zero attached hydrogens (tertiary/aromatic N) is 2. The Morgan fingerprint density at radius 2 is 2.10 bits per heavy atom. The Morgan fingerprint density at radius 1 is 1.30 bits per heavy atom. The van der Waals surface area contributed by atoms with Crippen molar-refractivity contribution in [3.8, 4) is 0 Å². The van der Waals surface area contributed by atoms with Crippen LogP contribution in [0.2, 0.25) is 0 Å². The van der Waals surface area contributed by atoms with Gasteiger partial charge in [0.25, 0.3) is 0 Å². The van der Waals surface area contributed by atoms with Gasteiger partial charge in [-0.1, -0.05) is 15.9 Å². The van der Waals surface area contributed by atoms with Gasteiger partial charge in [-0.25, -0.2) is 4.68 Å². The lowest BCUT2D eigenvalue weighted by molar-refractivity contribution is -0.141. The van der Waals surface area contributed by atoms with E-state index in [4.69, 9.17) is 4.74 Å². The zero-order valence-electron chi connectivity index (χ0n) is 10.5. The van der Waals surface area contributed by atoms with E-state index in [0.717, 1.165) is 12.8 Å². The summed E-state index contributed by atoms with van der Waals surface area (Å²) < 4.78 is 46.8. The van der Waals surface area contributed by atoms with Gasteiger partial charge in [0.15, 0.2) is 11.9 Å². The molecule has 1 aromatic heterocycles. The van der Waals surface area contributed by atoms with E-state index < -0.39 is 18.1 Å². The zero-order valence-corrected chi connectivity index (χ0v) is 12.0. The van der Waals surface area contributed by atoms with Crippen LogP contribution in [0.3, 0.4) is 0 Å². The lowest BCUT2D eigenvalue weighted by Crippen LogP contribution is -2.19. The maximum Gasteiger partial charge on any atom is 0.435 e. The standard InChI is InChI=1S/C13H12BrF3N2O/c14-8-4-5-10-9(7-8)12(13(15,16)17)18-19(10)11-3-1-2-6-20-11/h4-5,7,11H,1-3,6H2/t11-/m0/s1. The molecule has 0 radical (unpaired) electrons. The fraction of sp³-hybridized carbons (Fsp3) is 0.462. The van der Waals surface area contributed by atoms with Crippen LogP contribution in [0.4, 0.5) is 13.2 Å². The van der Waals surface area contributed by atoms with Crippen LogP contribution in [0.15, 0.2) is 22.7 Å². The third kappa shape index (κ3) is 2.44. The molecule has 0 amide bonds. The summed E-state index contributed by atoms with van der Waals surface area (Å²) >= 11 is 3.20. The highest BCUT2D eigenvalue weighted by Gasteiger charge is 2.37. The topological polar surface area (TPSA) is 27.1 Å². The van der Waals surface area contributed by atoms with Gasteiger partial charge in [0.1, 0.15) is 0 Å². The average molecular weight is 349 g/mol. The fourth-order valence-corrected chi connectivity index (χ4v) is 2.82. The molecule has 1 aromatic carbocycles. The van der Waals surface area contributed by atoms with Crippen LogP contribution in [-0.2, 0) is 10.9 Å². The molecule has 1 fully saturated rings. The van der Waals surface area contributed by atoms with E-state index in [1.54, 1.807) is 12.1 Å². The SMILES string of the molecule is FC(F)(F)c1nn([C@@H]2CCCCO2)c2ccc(Br)cc12. The van der Waals surface area contributed by atoms with E-state index in [1.807, 2.05) is 0 Å². The van der Waals surface area contributed by atoms with E-state index in [2.05, 4.69) is 21.0 Å². The molecule has 2 aromatic rings. The monoisotopic (exact) mass is 348 g/mol. The van der Waals surface area contributed by atoms with Gasteiger partial charge in [-0.2, -0.15) is 18.3 Å². The van der Waals surface area contributed by atoms with Crippen molar-refractivity contribution in [3.63, 3.8) is 0 Å². The summed E-state index contributed by atoms with van der Waals surface area (Å²) in [6.45, 7) is 0.559. The molecule has 0 bridgehead atoms. The van der Waals surface area contributed by atoms with Gasteiger partial charge in [-0.15, -0.1) is 0 Å². The summed E-state index contributed by atoms with van der Waals surface area (Å²) in [6, 6.07) is 4.80. The Bertz CT molecular complexity index is 632. The van der Waals surface area contributed by atoms with Crippen molar-refractivity contribution >= 4 is 26.8 Å². The normalized spacial score (nSPS) is 20.5. The van der Waals surface area contributed by atoms with Crippen LogP contribution in [0, 0.1) is 0 Å². The molecule has 1 atom stereocenters. The van der Waals surface area contributed by atoms with E-state index in [9.17, 15) is 13.2 Å². The minimum Gasteiger partial charge on any atom is -0.356 e. The molecule has 20 heavy (non-hydrogen) atoms. The summed E-state index contributed by atoms with van der Waals surface area (Å²) in [6.07, 6.45) is -2.33. The molecule has 108 valence electrons. The zero-order chi connectivity index (χ0) is 14.3. The number of alkyl halides is 3. The van der Waals surface area contributed by atoms with Gasteiger partial charge in [0.2, 0.25) is 0 Å². The number of hydrogen-bond acceptors (Lipinski definition) is 2. The molecule has 0 saturated carbocycles. The van der Waals surface area contributed by atoms with E-state index in [0.29, 0.717) is 23.0 Å². The van der Waals surface area contributed by atoms with Crippen molar-refractivity contribution < 1.29 is 17.9 Å². The third-order valence-electron chi connectivity index (χ3n) is 3.37. The molecule has 0 spiro atoms. The number of halogens is 4. The first-order valence-corrected chi connectivity index (χ1v) is 7.12. The van der Waals surface area contributed by atoms with Gasteiger partial charge in [0, 0.05) is 16.5 Å². The molecular formula is C13H12BrF3N2O. The van der Waals surface area contributed by atoms with Crippen LogP contribution < -0.4 is 0 Å². The Labute approximate surface area is 121 Å². The number of ether oxygens (including phenoxy) is 1. The second-order valence-electron chi connectivity index (χ2n) is 4.77. The predicted octanol–water partition coefficient (Wildman–Crippen LogP) is 4.52. The molecule has 7 heteroatoms. The maximum atomic E-state index is 13.1. The molecule has 1 aliphatic heterocycles. The summed E-state index contributed by atoms with van der Waals surface area (Å²) in [5, 5.41) is 3.87. The van der Waals surface area contributed by atoms with Crippen molar-refractivity contribution in [1.82, 2.24) is 9.78 Å². The maximum absolute atomic E-state index is 13.1. The van der Waals surface area contributed by atoms with Crippen LogP contribution in [0.5, 0.6) is 0 Å². The van der Waals surface area contributed by atoms with Crippen LogP contribution >= 0.6 is 15.9 Å². The lowest BCUT2D eigenvalue weighted by atomic mass is 10.1. The highest BCUT2D eigenvalue weighted by molar-refractivity contribution is 9.10. The second-order valence-corrected chi connectivity index (χ2v) is 5.69. The molecule has 0 aliphatic carbocycles. The van der Waals surface area contributed by atoms with Gasteiger partial charge in [-0.3, -0.25) is 0 Å². The molecular weight excluding hydrogens is 337 g/mol. The fourth-order valence-electron chi connectivity index (χ4n) is 2.46. The van der Waals surface area contributed by atoms with Gasteiger partial charge < -0.3 is 4.74 Å². The second kappa shape index (κ2) is 5.04. The lowest BCUT2D eigenvalue weighted by Gasteiger charge is -2.23. The third-order valence-corrected chi connectivity index (χ3v) is 3.86. The smallest absolute Gasteiger partial charge is 0.356 e. The molecule has 2 heterocycles. The highest BCUT2D eigenvalue weighted by atomic mass is 79.9. The van der Waals surface area contributed by atoms with E-state index in [-0.39, 0.29) is 5.39 Å². The summed E-state index contributed by atoms with van der Waals surface area (Å²) in [5.74, 6) is 0.